The molecule has 1 aromatic rings. The number of ketones is 1. The zero-order chi connectivity index (χ0) is 13.2. The van der Waals surface area contributed by atoms with E-state index in [1.807, 2.05) is 18.2 Å². The fraction of sp³-hybridized carbons (Fsp3) is 0.471. The minimum absolute atomic E-state index is 0.00861. The van der Waals surface area contributed by atoms with E-state index in [9.17, 15) is 4.79 Å². The number of carbonyl (C=O) groups is 1. The first-order valence-electron chi connectivity index (χ1n) is 6.65. The summed E-state index contributed by atoms with van der Waals surface area (Å²) >= 11 is 0. The molecule has 0 heterocycles. The number of allylic oxidation sites excluding steroid dienone is 1. The quantitative estimate of drug-likeness (QED) is 0.747. The molecule has 1 saturated carbocycles. The molecule has 1 aliphatic carbocycles. The summed E-state index contributed by atoms with van der Waals surface area (Å²) in [4.78, 5) is 11.9. The summed E-state index contributed by atoms with van der Waals surface area (Å²) in [7, 11) is 0. The van der Waals surface area contributed by atoms with Crippen LogP contribution in [0.25, 0.3) is 6.08 Å². The van der Waals surface area contributed by atoms with Gasteiger partial charge in [-0.3, -0.25) is 4.79 Å². The monoisotopic (exact) mass is 242 g/mol. The Morgan fingerprint density at radius 1 is 1.06 bits per heavy atom. The van der Waals surface area contributed by atoms with Crippen LogP contribution in [0, 0.1) is 10.8 Å². The SMILES string of the molecule is CC1(C)CC(=O)CC(C)(C=Cc2ccccc2)C1. The smallest absolute Gasteiger partial charge is 0.134 e. The van der Waals surface area contributed by atoms with Crippen LogP contribution in [0.2, 0.25) is 0 Å². The molecular weight excluding hydrogens is 220 g/mol. The molecule has 0 aromatic heterocycles. The molecule has 0 bridgehead atoms. The lowest BCUT2D eigenvalue weighted by atomic mass is 9.64. The molecule has 18 heavy (non-hydrogen) atoms. The van der Waals surface area contributed by atoms with Crippen LogP contribution in [0.1, 0.15) is 45.6 Å². The highest BCUT2D eigenvalue weighted by atomic mass is 16.1. The van der Waals surface area contributed by atoms with Crippen molar-refractivity contribution in [2.24, 2.45) is 10.8 Å². The normalized spacial score (nSPS) is 27.6. The molecule has 1 nitrogen and oxygen atoms in total. The molecule has 2 rings (SSSR count). The lowest BCUT2D eigenvalue weighted by Gasteiger charge is -2.40. The van der Waals surface area contributed by atoms with Crippen molar-refractivity contribution < 1.29 is 4.79 Å². The van der Waals surface area contributed by atoms with E-state index in [-0.39, 0.29) is 10.8 Å². The van der Waals surface area contributed by atoms with Crippen LogP contribution in [0.3, 0.4) is 0 Å². The molecule has 0 radical (unpaired) electrons. The van der Waals surface area contributed by atoms with Crippen molar-refractivity contribution in [1.82, 2.24) is 0 Å². The van der Waals surface area contributed by atoms with Gasteiger partial charge in [-0.05, 0) is 22.8 Å². The van der Waals surface area contributed by atoms with Gasteiger partial charge in [0.1, 0.15) is 5.78 Å². The molecular formula is C17H22O. The molecule has 0 amide bonds. The lowest BCUT2D eigenvalue weighted by molar-refractivity contribution is -0.126. The van der Waals surface area contributed by atoms with Crippen LogP contribution in [-0.4, -0.2) is 5.78 Å². The molecule has 1 heteroatoms. The van der Waals surface area contributed by atoms with Crippen molar-refractivity contribution in [3.63, 3.8) is 0 Å². The van der Waals surface area contributed by atoms with Gasteiger partial charge in [0.15, 0.2) is 0 Å². The summed E-state index contributed by atoms with van der Waals surface area (Å²) in [5.41, 5.74) is 1.34. The minimum atomic E-state index is 0.00861. The third kappa shape index (κ3) is 3.32. The van der Waals surface area contributed by atoms with Crippen molar-refractivity contribution in [2.45, 2.75) is 40.0 Å². The Bertz CT molecular complexity index is 456. The molecule has 1 aliphatic rings. The maximum atomic E-state index is 11.9. The van der Waals surface area contributed by atoms with Crippen LogP contribution in [-0.2, 0) is 4.79 Å². The van der Waals surface area contributed by atoms with Gasteiger partial charge in [0.25, 0.3) is 0 Å². The summed E-state index contributed by atoms with van der Waals surface area (Å²) in [5, 5.41) is 0. The largest absolute Gasteiger partial charge is 0.300 e. The summed E-state index contributed by atoms with van der Waals surface area (Å²) in [6, 6.07) is 10.3. The Hall–Kier alpha value is -1.37. The first-order valence-corrected chi connectivity index (χ1v) is 6.65. The molecule has 0 aliphatic heterocycles. The second kappa shape index (κ2) is 4.72. The maximum absolute atomic E-state index is 11.9. The number of Topliss-reactive ketones (excluding diaryl/α,β-unsaturated/α-hetero) is 1. The average Bonchev–Trinajstić information content (AvgIpc) is 2.24. The average molecular weight is 242 g/mol. The Morgan fingerprint density at radius 3 is 2.33 bits per heavy atom. The first-order chi connectivity index (χ1) is 8.39. The van der Waals surface area contributed by atoms with Gasteiger partial charge in [-0.15, -0.1) is 0 Å². The second-order valence-corrected chi connectivity index (χ2v) is 6.63. The van der Waals surface area contributed by atoms with Gasteiger partial charge in [-0.2, -0.15) is 0 Å². The Balaban J connectivity index is 2.16. The Morgan fingerprint density at radius 2 is 1.72 bits per heavy atom. The number of rotatable bonds is 2. The van der Waals surface area contributed by atoms with E-state index >= 15 is 0 Å². The van der Waals surface area contributed by atoms with E-state index in [0.29, 0.717) is 12.2 Å². The van der Waals surface area contributed by atoms with E-state index in [4.69, 9.17) is 0 Å². The van der Waals surface area contributed by atoms with Crippen LogP contribution >= 0.6 is 0 Å². The predicted molar refractivity (Wildman–Crippen MR) is 76.2 cm³/mol. The second-order valence-electron chi connectivity index (χ2n) is 6.63. The number of hydrogen-bond donors (Lipinski definition) is 0. The van der Waals surface area contributed by atoms with E-state index in [2.05, 4.69) is 45.1 Å². The Kier molecular flexibility index (Phi) is 3.43. The molecule has 1 unspecified atom stereocenters. The van der Waals surface area contributed by atoms with E-state index in [0.717, 1.165) is 12.8 Å². The predicted octanol–water partition coefficient (Wildman–Crippen LogP) is 4.49. The van der Waals surface area contributed by atoms with E-state index in [1.165, 1.54) is 5.56 Å². The van der Waals surface area contributed by atoms with Crippen molar-refractivity contribution in [1.29, 1.82) is 0 Å². The highest BCUT2D eigenvalue weighted by Gasteiger charge is 2.38. The molecule has 0 saturated heterocycles. The topological polar surface area (TPSA) is 17.1 Å². The maximum Gasteiger partial charge on any atom is 0.134 e. The molecule has 1 atom stereocenters. The number of benzene rings is 1. The highest BCUT2D eigenvalue weighted by molar-refractivity contribution is 5.81. The van der Waals surface area contributed by atoms with Crippen LogP contribution in [0.5, 0.6) is 0 Å². The van der Waals surface area contributed by atoms with Gasteiger partial charge in [-0.1, -0.05) is 63.3 Å². The zero-order valence-electron chi connectivity index (χ0n) is 11.6. The summed E-state index contributed by atoms with van der Waals surface area (Å²) in [5.74, 6) is 0.395. The van der Waals surface area contributed by atoms with Crippen molar-refractivity contribution >= 4 is 11.9 Å². The molecule has 1 fully saturated rings. The third-order valence-electron chi connectivity index (χ3n) is 3.64. The fourth-order valence-corrected chi connectivity index (χ4v) is 3.24. The highest BCUT2D eigenvalue weighted by Crippen LogP contribution is 2.45. The molecule has 1 aromatic carbocycles. The molecule has 0 spiro atoms. The van der Waals surface area contributed by atoms with Crippen molar-refractivity contribution in [3.05, 3.63) is 42.0 Å². The van der Waals surface area contributed by atoms with E-state index < -0.39 is 0 Å². The van der Waals surface area contributed by atoms with Crippen LogP contribution in [0.4, 0.5) is 0 Å². The van der Waals surface area contributed by atoms with Gasteiger partial charge < -0.3 is 0 Å². The lowest BCUT2D eigenvalue weighted by Crippen LogP contribution is -2.34. The summed E-state index contributed by atoms with van der Waals surface area (Å²) in [6.07, 6.45) is 6.85. The number of carbonyl (C=O) groups excluding carboxylic acids is 1. The van der Waals surface area contributed by atoms with Crippen molar-refractivity contribution in [2.75, 3.05) is 0 Å². The van der Waals surface area contributed by atoms with Gasteiger partial charge in [-0.25, -0.2) is 0 Å². The van der Waals surface area contributed by atoms with Gasteiger partial charge in [0.2, 0.25) is 0 Å². The Labute approximate surface area is 110 Å². The standard InChI is InChI=1S/C17H22O/c1-16(2)11-15(18)12-17(3,13-16)10-9-14-7-5-4-6-8-14/h4-10H,11-13H2,1-3H3. The minimum Gasteiger partial charge on any atom is -0.300 e. The zero-order valence-corrected chi connectivity index (χ0v) is 11.6. The van der Waals surface area contributed by atoms with Gasteiger partial charge in [0, 0.05) is 12.8 Å². The number of hydrogen-bond acceptors (Lipinski definition) is 1. The third-order valence-corrected chi connectivity index (χ3v) is 3.64. The van der Waals surface area contributed by atoms with Gasteiger partial charge in [0.05, 0.1) is 0 Å². The van der Waals surface area contributed by atoms with Crippen LogP contribution in [0.15, 0.2) is 36.4 Å². The summed E-state index contributed by atoms with van der Waals surface area (Å²) < 4.78 is 0. The fourth-order valence-electron chi connectivity index (χ4n) is 3.24. The molecule has 96 valence electrons. The first kappa shape index (κ1) is 13.1. The van der Waals surface area contributed by atoms with Crippen LogP contribution < -0.4 is 0 Å². The summed E-state index contributed by atoms with van der Waals surface area (Å²) in [6.45, 7) is 6.59. The van der Waals surface area contributed by atoms with Gasteiger partial charge >= 0.3 is 0 Å². The van der Waals surface area contributed by atoms with Crippen molar-refractivity contribution in [3.8, 4) is 0 Å². The molecule has 0 N–H and O–H groups in total. The van der Waals surface area contributed by atoms with E-state index in [1.54, 1.807) is 0 Å².